The highest BCUT2D eigenvalue weighted by Crippen LogP contribution is 2.15. The van der Waals surface area contributed by atoms with Crippen LogP contribution in [0.3, 0.4) is 0 Å². The summed E-state index contributed by atoms with van der Waals surface area (Å²) in [6.45, 7) is 1.89. The van der Waals surface area contributed by atoms with E-state index in [1.54, 1.807) is 12.3 Å². The molecule has 0 aliphatic carbocycles. The van der Waals surface area contributed by atoms with Crippen LogP contribution in [0.2, 0.25) is 0 Å². The van der Waals surface area contributed by atoms with Gasteiger partial charge in [-0.05, 0) is 45.6 Å². The molecule has 0 spiro atoms. The minimum atomic E-state index is -2.06. The first-order valence-corrected chi connectivity index (χ1v) is 5.30. The molecule has 5 heteroatoms. The molecular weight excluding hydrogens is 242 g/mol. The fourth-order valence-corrected chi connectivity index (χ4v) is 1.41. The molecule has 12 heavy (non-hydrogen) atoms. The Bertz CT molecular complexity index is 316. The quantitative estimate of drug-likeness (QED) is 0.747. The van der Waals surface area contributed by atoms with Crippen LogP contribution < -0.4 is 0 Å². The standard InChI is InChI=1S/C7H8BrNO2S/c1-5-2-6(4-12(10)11)9-3-7(5)8/h2-3H,4H2,1H3,(H,10,11)/p-1. The fraction of sp³-hybridized carbons (Fsp3) is 0.286. The summed E-state index contributed by atoms with van der Waals surface area (Å²) in [4.78, 5) is 3.94. The van der Waals surface area contributed by atoms with Crippen molar-refractivity contribution < 1.29 is 8.76 Å². The van der Waals surface area contributed by atoms with Crippen LogP contribution in [-0.4, -0.2) is 13.7 Å². The second-order valence-corrected chi connectivity index (χ2v) is 4.12. The predicted molar refractivity (Wildman–Crippen MR) is 49.3 cm³/mol. The van der Waals surface area contributed by atoms with E-state index >= 15 is 0 Å². The van der Waals surface area contributed by atoms with Gasteiger partial charge in [-0.3, -0.25) is 9.19 Å². The van der Waals surface area contributed by atoms with Gasteiger partial charge in [-0.2, -0.15) is 0 Å². The maximum Gasteiger partial charge on any atom is 0.0526 e. The van der Waals surface area contributed by atoms with E-state index in [9.17, 15) is 8.76 Å². The lowest BCUT2D eigenvalue weighted by atomic mass is 10.2. The second-order valence-electron chi connectivity index (χ2n) is 2.37. The first kappa shape index (κ1) is 9.83. The van der Waals surface area contributed by atoms with Crippen LogP contribution in [0.5, 0.6) is 0 Å². The van der Waals surface area contributed by atoms with E-state index in [0.29, 0.717) is 5.69 Å². The van der Waals surface area contributed by atoms with Crippen LogP contribution in [0.25, 0.3) is 0 Å². The molecule has 1 rings (SSSR count). The van der Waals surface area contributed by atoms with Gasteiger partial charge in [-0.15, -0.1) is 0 Å². The van der Waals surface area contributed by atoms with Crippen molar-refractivity contribution in [2.45, 2.75) is 12.7 Å². The Labute approximate surface area is 81.6 Å². The molecule has 1 heterocycles. The third kappa shape index (κ3) is 2.66. The molecule has 0 N–H and O–H groups in total. The number of aromatic nitrogens is 1. The van der Waals surface area contributed by atoms with Gasteiger partial charge in [0, 0.05) is 10.7 Å². The largest absolute Gasteiger partial charge is 0.772 e. The molecule has 1 aromatic heterocycles. The Morgan fingerprint density at radius 2 is 2.42 bits per heavy atom. The Balaban J connectivity index is 2.89. The zero-order valence-electron chi connectivity index (χ0n) is 6.41. The molecule has 1 atom stereocenters. The van der Waals surface area contributed by atoms with Crippen LogP contribution >= 0.6 is 15.9 Å². The molecule has 0 radical (unpaired) electrons. The third-order valence-electron chi connectivity index (χ3n) is 1.37. The van der Waals surface area contributed by atoms with Crippen LogP contribution in [0, 0.1) is 6.92 Å². The summed E-state index contributed by atoms with van der Waals surface area (Å²) in [5, 5.41) is 0. The van der Waals surface area contributed by atoms with E-state index < -0.39 is 11.1 Å². The molecule has 66 valence electrons. The smallest absolute Gasteiger partial charge is 0.0526 e. The number of pyridine rings is 1. The number of nitrogens with zero attached hydrogens (tertiary/aromatic N) is 1. The zero-order valence-corrected chi connectivity index (χ0v) is 8.81. The molecule has 0 amide bonds. The molecule has 0 aliphatic rings. The monoisotopic (exact) mass is 248 g/mol. The highest BCUT2D eigenvalue weighted by atomic mass is 79.9. The van der Waals surface area contributed by atoms with E-state index in [2.05, 4.69) is 20.9 Å². The fourth-order valence-electron chi connectivity index (χ4n) is 0.797. The van der Waals surface area contributed by atoms with E-state index in [-0.39, 0.29) is 5.75 Å². The Kier molecular flexibility index (Phi) is 3.37. The van der Waals surface area contributed by atoms with Crippen LogP contribution in [0.1, 0.15) is 11.3 Å². The number of rotatable bonds is 2. The van der Waals surface area contributed by atoms with Crippen molar-refractivity contribution in [1.82, 2.24) is 4.98 Å². The van der Waals surface area contributed by atoms with Gasteiger partial charge in [0.25, 0.3) is 0 Å². The average Bonchev–Trinajstić information content (AvgIpc) is 1.96. The topological polar surface area (TPSA) is 53.0 Å². The molecule has 1 unspecified atom stereocenters. The highest BCUT2D eigenvalue weighted by molar-refractivity contribution is 9.10. The zero-order chi connectivity index (χ0) is 9.14. The first-order valence-electron chi connectivity index (χ1n) is 3.26. The third-order valence-corrected chi connectivity index (χ3v) is 2.73. The number of hydrogen-bond donors (Lipinski definition) is 0. The molecule has 0 bridgehead atoms. The van der Waals surface area contributed by atoms with Gasteiger partial charge in [0.15, 0.2) is 0 Å². The summed E-state index contributed by atoms with van der Waals surface area (Å²) in [6, 6.07) is 1.75. The molecule has 0 saturated heterocycles. The first-order chi connectivity index (χ1) is 5.59. The number of halogens is 1. The van der Waals surface area contributed by atoms with Gasteiger partial charge in [0.1, 0.15) is 0 Å². The van der Waals surface area contributed by atoms with Gasteiger partial charge in [0.2, 0.25) is 0 Å². The maximum absolute atomic E-state index is 10.3. The summed E-state index contributed by atoms with van der Waals surface area (Å²) in [5.41, 5.74) is 1.56. The Morgan fingerprint density at radius 3 is 2.92 bits per heavy atom. The number of hydrogen-bond acceptors (Lipinski definition) is 3. The Hall–Kier alpha value is -0.260. The van der Waals surface area contributed by atoms with Gasteiger partial charge in [-0.25, -0.2) is 0 Å². The van der Waals surface area contributed by atoms with Crippen molar-refractivity contribution in [3.8, 4) is 0 Å². The number of aryl methyl sites for hydroxylation is 1. The van der Waals surface area contributed by atoms with E-state index in [1.165, 1.54) is 0 Å². The van der Waals surface area contributed by atoms with Crippen LogP contribution in [0.15, 0.2) is 16.7 Å². The lowest BCUT2D eigenvalue weighted by Crippen LogP contribution is -1.97. The second kappa shape index (κ2) is 4.11. The molecule has 0 fully saturated rings. The normalized spacial score (nSPS) is 12.9. The maximum atomic E-state index is 10.3. The van der Waals surface area contributed by atoms with Crippen molar-refractivity contribution >= 4 is 27.0 Å². The van der Waals surface area contributed by atoms with Crippen molar-refractivity contribution in [3.05, 3.63) is 28.0 Å². The molecule has 0 saturated carbocycles. The van der Waals surface area contributed by atoms with Crippen molar-refractivity contribution in [2.75, 3.05) is 0 Å². The predicted octanol–water partition coefficient (Wildman–Crippen LogP) is 1.53. The van der Waals surface area contributed by atoms with Gasteiger partial charge in [-0.1, -0.05) is 0 Å². The summed E-state index contributed by atoms with van der Waals surface area (Å²) in [7, 11) is 0. The highest BCUT2D eigenvalue weighted by Gasteiger charge is 1.98. The van der Waals surface area contributed by atoms with E-state index in [0.717, 1.165) is 10.0 Å². The van der Waals surface area contributed by atoms with E-state index in [1.807, 2.05) is 6.92 Å². The lowest BCUT2D eigenvalue weighted by molar-refractivity contribution is 0.535. The molecule has 0 aromatic carbocycles. The summed E-state index contributed by atoms with van der Waals surface area (Å²) in [6.07, 6.45) is 1.61. The van der Waals surface area contributed by atoms with Crippen molar-refractivity contribution in [3.63, 3.8) is 0 Å². The lowest BCUT2D eigenvalue weighted by Gasteiger charge is -2.05. The van der Waals surface area contributed by atoms with Gasteiger partial charge < -0.3 is 4.55 Å². The van der Waals surface area contributed by atoms with Gasteiger partial charge >= 0.3 is 0 Å². The van der Waals surface area contributed by atoms with Gasteiger partial charge in [0.05, 0.1) is 11.4 Å². The average molecular weight is 249 g/mol. The van der Waals surface area contributed by atoms with E-state index in [4.69, 9.17) is 0 Å². The minimum Gasteiger partial charge on any atom is -0.772 e. The molecule has 1 aromatic rings. The van der Waals surface area contributed by atoms with Crippen LogP contribution in [0.4, 0.5) is 0 Å². The minimum absolute atomic E-state index is 0.0197. The molecule has 3 nitrogen and oxygen atoms in total. The van der Waals surface area contributed by atoms with Crippen molar-refractivity contribution in [2.24, 2.45) is 0 Å². The van der Waals surface area contributed by atoms with Crippen molar-refractivity contribution in [1.29, 1.82) is 0 Å². The summed E-state index contributed by atoms with van der Waals surface area (Å²) < 4.78 is 21.5. The Morgan fingerprint density at radius 1 is 1.75 bits per heavy atom. The summed E-state index contributed by atoms with van der Waals surface area (Å²) >= 11 is 1.22. The van der Waals surface area contributed by atoms with Crippen LogP contribution in [-0.2, 0) is 16.8 Å². The summed E-state index contributed by atoms with van der Waals surface area (Å²) in [5.74, 6) is -0.0197. The molecule has 0 aliphatic heterocycles. The molecular formula is C7H7BrNO2S-. The SMILES string of the molecule is Cc1cc(CS(=O)[O-])ncc1Br.